The first-order valence-corrected chi connectivity index (χ1v) is 14.5. The minimum Gasteiger partial charge on any atom is -0.365 e. The van der Waals surface area contributed by atoms with Crippen molar-refractivity contribution in [3.63, 3.8) is 0 Å². The zero-order chi connectivity index (χ0) is 28.3. The van der Waals surface area contributed by atoms with Crippen molar-refractivity contribution in [3.8, 4) is 6.07 Å². The summed E-state index contributed by atoms with van der Waals surface area (Å²) >= 11 is 0. The van der Waals surface area contributed by atoms with Crippen molar-refractivity contribution in [1.82, 2.24) is 10.6 Å². The minimum atomic E-state index is -0.0539. The van der Waals surface area contributed by atoms with Crippen LogP contribution in [0.4, 0.5) is 5.69 Å². The van der Waals surface area contributed by atoms with Gasteiger partial charge >= 0.3 is 0 Å². The van der Waals surface area contributed by atoms with Gasteiger partial charge in [-0.3, -0.25) is 9.59 Å². The van der Waals surface area contributed by atoms with Crippen LogP contribution in [0.1, 0.15) is 63.9 Å². The molecule has 4 bridgehead atoms. The van der Waals surface area contributed by atoms with Crippen LogP contribution >= 0.6 is 0 Å². The third-order valence-corrected chi connectivity index (χ3v) is 9.35. The van der Waals surface area contributed by atoms with Gasteiger partial charge in [0.25, 0.3) is 5.70 Å². The van der Waals surface area contributed by atoms with E-state index >= 15 is 0 Å². The van der Waals surface area contributed by atoms with Gasteiger partial charge in [-0.15, -0.1) is 0 Å². The Morgan fingerprint density at radius 3 is 2.23 bits per heavy atom. The van der Waals surface area contributed by atoms with Crippen LogP contribution < -0.4 is 15.5 Å². The quantitative estimate of drug-likeness (QED) is 0.232. The van der Waals surface area contributed by atoms with E-state index in [9.17, 15) is 9.59 Å². The predicted molar refractivity (Wildman–Crippen MR) is 158 cm³/mol. The van der Waals surface area contributed by atoms with E-state index in [1.165, 1.54) is 38.5 Å². The molecule has 0 spiro atoms. The number of rotatable bonds is 10. The van der Waals surface area contributed by atoms with Crippen molar-refractivity contribution in [2.24, 2.45) is 23.2 Å². The fourth-order valence-corrected chi connectivity index (χ4v) is 7.85. The number of nitrogens with zero attached hydrogens (tertiary/aromatic N) is 3. The highest BCUT2D eigenvalue weighted by Crippen LogP contribution is 2.61. The molecule has 2 amide bonds. The van der Waals surface area contributed by atoms with Gasteiger partial charge in [0, 0.05) is 32.2 Å². The SMILES string of the molecule is [C-]#[N+]/C(C#N)=C(\C)c1ccc2cc(N(C)CC(=O)NCCCNC(=O)CC34CC5CC(CC(C5)C3)C4)ccc2c1. The Morgan fingerprint density at radius 2 is 1.60 bits per heavy atom. The van der Waals surface area contributed by atoms with Gasteiger partial charge in [-0.25, -0.2) is 10.1 Å². The van der Waals surface area contributed by atoms with Gasteiger partial charge in [-0.05, 0) is 115 Å². The summed E-state index contributed by atoms with van der Waals surface area (Å²) in [6.45, 7) is 10.3. The number of anilines is 1. The van der Waals surface area contributed by atoms with Crippen molar-refractivity contribution < 1.29 is 9.59 Å². The summed E-state index contributed by atoms with van der Waals surface area (Å²) in [6.07, 6.45) is 9.32. The van der Waals surface area contributed by atoms with Crippen LogP contribution in [0.3, 0.4) is 0 Å². The van der Waals surface area contributed by atoms with Crippen molar-refractivity contribution in [2.75, 3.05) is 31.6 Å². The Morgan fingerprint density at radius 1 is 1.00 bits per heavy atom. The summed E-state index contributed by atoms with van der Waals surface area (Å²) in [5.41, 5.74) is 2.81. The molecule has 4 aliphatic rings. The summed E-state index contributed by atoms with van der Waals surface area (Å²) in [6, 6.07) is 13.8. The number of nitrogens with one attached hydrogen (secondary N) is 2. The second-order valence-electron chi connectivity index (χ2n) is 12.4. The molecule has 0 saturated heterocycles. The number of amides is 2. The lowest BCUT2D eigenvalue weighted by atomic mass is 9.49. The van der Waals surface area contributed by atoms with Gasteiger partial charge in [0.1, 0.15) is 0 Å². The average Bonchev–Trinajstić information content (AvgIpc) is 2.91. The molecule has 0 aliphatic heterocycles. The molecule has 4 fully saturated rings. The maximum absolute atomic E-state index is 12.7. The number of likely N-dealkylation sites (N-methyl/N-ethyl adjacent to an activating group) is 1. The van der Waals surface area contributed by atoms with Gasteiger partial charge in [0.2, 0.25) is 11.8 Å². The molecule has 0 unspecified atom stereocenters. The first-order valence-electron chi connectivity index (χ1n) is 14.5. The summed E-state index contributed by atoms with van der Waals surface area (Å²) in [5.74, 6) is 2.70. The second kappa shape index (κ2) is 11.7. The molecule has 0 atom stereocenters. The molecule has 208 valence electrons. The molecular formula is C33H39N5O2. The molecule has 2 N–H and O–H groups in total. The van der Waals surface area contributed by atoms with Crippen LogP contribution in [0.2, 0.25) is 0 Å². The summed E-state index contributed by atoms with van der Waals surface area (Å²) in [5, 5.41) is 17.3. The van der Waals surface area contributed by atoms with Crippen molar-refractivity contribution in [1.29, 1.82) is 5.26 Å². The lowest BCUT2D eigenvalue weighted by Gasteiger charge is -2.56. The molecule has 0 aromatic heterocycles. The molecule has 2 aromatic carbocycles. The number of hydrogen-bond donors (Lipinski definition) is 2. The van der Waals surface area contributed by atoms with E-state index in [-0.39, 0.29) is 29.5 Å². The molecule has 4 saturated carbocycles. The number of allylic oxidation sites excluding steroid dienone is 2. The number of carbonyl (C=O) groups excluding carboxylic acids is 2. The molecule has 6 rings (SSSR count). The van der Waals surface area contributed by atoms with E-state index in [1.807, 2.05) is 54.4 Å². The van der Waals surface area contributed by atoms with Crippen LogP contribution in [-0.4, -0.2) is 38.5 Å². The third kappa shape index (κ3) is 6.15. The number of fused-ring (bicyclic) bond motifs is 1. The normalized spacial score (nSPS) is 25.1. The van der Waals surface area contributed by atoms with Crippen LogP contribution in [0.15, 0.2) is 42.1 Å². The third-order valence-electron chi connectivity index (χ3n) is 9.35. The standard InChI is InChI=1S/C33H39N5O2/c1-22(30(20-34)35-2)26-5-6-28-15-29(8-7-27(28)14-26)38(3)21-32(40)37-10-4-9-36-31(39)19-33-16-23-11-24(17-33)13-25(12-23)18-33/h5-8,14-15,23-25H,4,9-13,16-19,21H2,1,3H3,(H,36,39)(H,37,40)/b30-22+. The fourth-order valence-electron chi connectivity index (χ4n) is 7.85. The van der Waals surface area contributed by atoms with E-state index in [1.54, 1.807) is 6.92 Å². The van der Waals surface area contributed by atoms with E-state index in [0.717, 1.165) is 46.2 Å². The Kier molecular flexibility index (Phi) is 8.12. The second-order valence-corrected chi connectivity index (χ2v) is 12.4. The number of benzene rings is 2. The smallest absolute Gasteiger partial charge is 0.265 e. The highest BCUT2D eigenvalue weighted by atomic mass is 16.2. The highest BCUT2D eigenvalue weighted by molar-refractivity contribution is 5.90. The highest BCUT2D eigenvalue weighted by Gasteiger charge is 2.51. The molecule has 4 aliphatic carbocycles. The fraction of sp³-hybridized carbons (Fsp3) is 0.515. The van der Waals surface area contributed by atoms with Gasteiger partial charge in [0.15, 0.2) is 0 Å². The van der Waals surface area contributed by atoms with Crippen molar-refractivity contribution in [2.45, 2.75) is 58.3 Å². The molecule has 0 radical (unpaired) electrons. The van der Waals surface area contributed by atoms with Gasteiger partial charge in [-0.1, -0.05) is 18.2 Å². The number of nitriles is 1. The maximum Gasteiger partial charge on any atom is 0.265 e. The zero-order valence-electron chi connectivity index (χ0n) is 23.6. The van der Waals surface area contributed by atoms with Gasteiger partial charge in [0.05, 0.1) is 19.2 Å². The largest absolute Gasteiger partial charge is 0.365 e. The Bertz CT molecular complexity index is 1360. The molecule has 2 aromatic rings. The maximum atomic E-state index is 12.7. The van der Waals surface area contributed by atoms with Crippen LogP contribution in [0.25, 0.3) is 21.2 Å². The summed E-state index contributed by atoms with van der Waals surface area (Å²) < 4.78 is 0. The first-order chi connectivity index (χ1) is 19.3. The van der Waals surface area contributed by atoms with Crippen molar-refractivity contribution in [3.05, 3.63) is 59.1 Å². The summed E-state index contributed by atoms with van der Waals surface area (Å²) in [4.78, 5) is 30.5. The van der Waals surface area contributed by atoms with Crippen LogP contribution in [0.5, 0.6) is 0 Å². The van der Waals surface area contributed by atoms with E-state index in [2.05, 4.69) is 15.5 Å². The lowest BCUT2D eigenvalue weighted by molar-refractivity contribution is -0.129. The van der Waals surface area contributed by atoms with Crippen LogP contribution in [-0.2, 0) is 9.59 Å². The van der Waals surface area contributed by atoms with E-state index in [0.29, 0.717) is 25.1 Å². The van der Waals surface area contributed by atoms with Gasteiger partial charge in [-0.2, -0.15) is 0 Å². The number of carbonyl (C=O) groups is 2. The summed E-state index contributed by atoms with van der Waals surface area (Å²) in [7, 11) is 1.89. The lowest BCUT2D eigenvalue weighted by Crippen LogP contribution is -2.48. The monoisotopic (exact) mass is 537 g/mol. The van der Waals surface area contributed by atoms with Crippen molar-refractivity contribution >= 4 is 33.8 Å². The molecule has 7 heteroatoms. The van der Waals surface area contributed by atoms with E-state index in [4.69, 9.17) is 11.8 Å². The average molecular weight is 538 g/mol. The van der Waals surface area contributed by atoms with Gasteiger partial charge < -0.3 is 15.5 Å². The first kappa shape index (κ1) is 27.7. The van der Waals surface area contributed by atoms with E-state index < -0.39 is 0 Å². The molecule has 0 heterocycles. The topological polar surface area (TPSA) is 89.6 Å². The molecule has 7 nitrogen and oxygen atoms in total. The predicted octanol–water partition coefficient (Wildman–Crippen LogP) is 5.68. The Hall–Kier alpha value is -3.84. The van der Waals surface area contributed by atoms with Crippen LogP contribution in [0, 0.1) is 41.1 Å². The number of hydrogen-bond acceptors (Lipinski definition) is 4. The Labute approximate surface area is 237 Å². The molecule has 40 heavy (non-hydrogen) atoms. The molecular weight excluding hydrogens is 498 g/mol. The zero-order valence-corrected chi connectivity index (χ0v) is 23.6. The minimum absolute atomic E-state index is 0.0539. The Balaban J connectivity index is 1.04.